The van der Waals surface area contributed by atoms with Crippen LogP contribution in [0.1, 0.15) is 80.3 Å². The van der Waals surface area contributed by atoms with Crippen LogP contribution in [0, 0.1) is 23.7 Å². The smallest absolute Gasteiger partial charge is 0.251 e. The summed E-state index contributed by atoms with van der Waals surface area (Å²) in [7, 11) is 0. The van der Waals surface area contributed by atoms with Crippen LogP contribution in [0.25, 0.3) is 0 Å². The Kier molecular flexibility index (Phi) is 10.2. The molecule has 1 aromatic heterocycles. The van der Waals surface area contributed by atoms with Gasteiger partial charge < -0.3 is 21.3 Å². The second-order valence-electron chi connectivity index (χ2n) is 12.3. The minimum atomic E-state index is -0.530. The van der Waals surface area contributed by atoms with Gasteiger partial charge in [-0.25, -0.2) is 4.39 Å². The Hall–Kier alpha value is -3.33. The third-order valence-electron chi connectivity index (χ3n) is 9.73. The van der Waals surface area contributed by atoms with E-state index in [1.165, 1.54) is 19.3 Å². The molecule has 0 bridgehead atoms. The van der Waals surface area contributed by atoms with E-state index in [9.17, 15) is 18.8 Å². The molecular formula is C33H44FN5O3. The highest BCUT2D eigenvalue weighted by atomic mass is 19.1. The van der Waals surface area contributed by atoms with E-state index in [2.05, 4.69) is 15.6 Å². The standard InChI is InChI=1S/C33H44FN5O3/c34-20-29(35)23-9-11-25(12-10-23)33(42)39-19-17-28(22-6-2-1-3-7-22)30(39)32(41)38-26-15-13-24(14-16-26)31(40)37-21-27-8-4-5-18-36-27/h4-5,8,13-16,18,22-23,25,28-30H,1-3,6-7,9-12,17,19-21,35H2,(H,37,40)(H,38,41)/t23?,25?,28-,29+,30-/m0/s1. The molecule has 226 valence electrons. The molecule has 2 saturated carbocycles. The Morgan fingerprint density at radius 3 is 2.36 bits per heavy atom. The second kappa shape index (κ2) is 14.2. The molecule has 2 aromatic rings. The predicted molar refractivity (Wildman–Crippen MR) is 160 cm³/mol. The van der Waals surface area contributed by atoms with Gasteiger partial charge in [0.05, 0.1) is 12.2 Å². The number of likely N-dealkylation sites (tertiary alicyclic amines) is 1. The first-order valence-corrected chi connectivity index (χ1v) is 15.7. The van der Waals surface area contributed by atoms with Crippen LogP contribution in [0.3, 0.4) is 0 Å². The molecule has 4 N–H and O–H groups in total. The average molecular weight is 578 g/mol. The maximum atomic E-state index is 13.9. The lowest BCUT2D eigenvalue weighted by molar-refractivity contribution is -0.142. The summed E-state index contributed by atoms with van der Waals surface area (Å²) in [6.45, 7) is 0.394. The molecule has 3 amide bonds. The van der Waals surface area contributed by atoms with Crippen molar-refractivity contribution >= 4 is 23.4 Å². The van der Waals surface area contributed by atoms with Gasteiger partial charge in [-0.05, 0) is 86.3 Å². The molecule has 9 heteroatoms. The Morgan fingerprint density at radius 1 is 0.952 bits per heavy atom. The molecule has 1 saturated heterocycles. The number of nitrogens with zero attached hydrogens (tertiary/aromatic N) is 2. The second-order valence-corrected chi connectivity index (χ2v) is 12.3. The number of carbonyl (C=O) groups is 3. The molecule has 1 aromatic carbocycles. The summed E-state index contributed by atoms with van der Waals surface area (Å²) in [5.74, 6) is 0.241. The fourth-order valence-corrected chi connectivity index (χ4v) is 7.31. The van der Waals surface area contributed by atoms with Crippen molar-refractivity contribution in [3.05, 3.63) is 59.9 Å². The van der Waals surface area contributed by atoms with Gasteiger partial charge in [-0.1, -0.05) is 38.2 Å². The Bertz CT molecular complexity index is 1200. The summed E-state index contributed by atoms with van der Waals surface area (Å²) in [5.41, 5.74) is 7.81. The highest BCUT2D eigenvalue weighted by molar-refractivity contribution is 5.99. The number of carbonyl (C=O) groups excluding carboxylic acids is 3. The Balaban J connectivity index is 1.24. The third-order valence-corrected chi connectivity index (χ3v) is 9.73. The number of hydrogen-bond acceptors (Lipinski definition) is 5. The Morgan fingerprint density at radius 2 is 1.69 bits per heavy atom. The fourth-order valence-electron chi connectivity index (χ4n) is 7.31. The first kappa shape index (κ1) is 30.1. The molecule has 42 heavy (non-hydrogen) atoms. The van der Waals surface area contributed by atoms with E-state index >= 15 is 0 Å². The topological polar surface area (TPSA) is 117 Å². The predicted octanol–water partition coefficient (Wildman–Crippen LogP) is 4.85. The number of hydrogen-bond donors (Lipinski definition) is 3. The van der Waals surface area contributed by atoms with Crippen LogP contribution >= 0.6 is 0 Å². The number of aromatic nitrogens is 1. The average Bonchev–Trinajstić information content (AvgIpc) is 3.50. The van der Waals surface area contributed by atoms with Crippen molar-refractivity contribution < 1.29 is 18.8 Å². The van der Waals surface area contributed by atoms with Crippen LogP contribution < -0.4 is 16.4 Å². The van der Waals surface area contributed by atoms with Crippen molar-refractivity contribution in [1.82, 2.24) is 15.2 Å². The third kappa shape index (κ3) is 7.17. The molecule has 1 aliphatic heterocycles. The lowest BCUT2D eigenvalue weighted by Crippen LogP contribution is -2.50. The summed E-state index contributed by atoms with van der Waals surface area (Å²) >= 11 is 0. The molecule has 0 unspecified atom stereocenters. The van der Waals surface area contributed by atoms with Crippen LogP contribution in [0.5, 0.6) is 0 Å². The van der Waals surface area contributed by atoms with E-state index < -0.39 is 18.8 Å². The van der Waals surface area contributed by atoms with E-state index in [0.29, 0.717) is 43.1 Å². The molecular weight excluding hydrogens is 533 g/mol. The van der Waals surface area contributed by atoms with E-state index in [1.807, 2.05) is 23.1 Å². The van der Waals surface area contributed by atoms with Crippen LogP contribution in [-0.4, -0.2) is 52.9 Å². The molecule has 2 aliphatic carbocycles. The summed E-state index contributed by atoms with van der Waals surface area (Å²) < 4.78 is 13.1. The molecule has 0 radical (unpaired) electrons. The number of nitrogens with two attached hydrogens (primary N) is 1. The summed E-state index contributed by atoms with van der Waals surface area (Å²) in [6.07, 6.45) is 11.2. The zero-order valence-corrected chi connectivity index (χ0v) is 24.3. The van der Waals surface area contributed by atoms with Crippen molar-refractivity contribution in [3.63, 3.8) is 0 Å². The van der Waals surface area contributed by atoms with Gasteiger partial charge in [0.15, 0.2) is 0 Å². The van der Waals surface area contributed by atoms with Gasteiger partial charge in [0.2, 0.25) is 11.8 Å². The molecule has 8 nitrogen and oxygen atoms in total. The largest absolute Gasteiger partial charge is 0.346 e. The maximum Gasteiger partial charge on any atom is 0.251 e. The summed E-state index contributed by atoms with van der Waals surface area (Å²) in [4.78, 5) is 46.4. The van der Waals surface area contributed by atoms with Gasteiger partial charge in [0, 0.05) is 36.0 Å². The van der Waals surface area contributed by atoms with Crippen molar-refractivity contribution in [2.75, 3.05) is 18.5 Å². The van der Waals surface area contributed by atoms with Crippen molar-refractivity contribution in [2.24, 2.45) is 29.4 Å². The Labute approximate surface area is 248 Å². The van der Waals surface area contributed by atoms with Gasteiger partial charge in [-0.15, -0.1) is 0 Å². The van der Waals surface area contributed by atoms with E-state index in [-0.39, 0.29) is 35.5 Å². The number of anilines is 1. The summed E-state index contributed by atoms with van der Waals surface area (Å²) in [6, 6.07) is 11.4. The summed E-state index contributed by atoms with van der Waals surface area (Å²) in [5, 5.41) is 5.93. The minimum Gasteiger partial charge on any atom is -0.346 e. The molecule has 3 aliphatic rings. The number of halogens is 1. The van der Waals surface area contributed by atoms with Crippen LogP contribution in [0.15, 0.2) is 48.7 Å². The number of alkyl halides is 1. The van der Waals surface area contributed by atoms with E-state index in [0.717, 1.165) is 37.8 Å². The molecule has 2 heterocycles. The normalized spacial score (nSPS) is 25.5. The first-order chi connectivity index (χ1) is 20.4. The van der Waals surface area contributed by atoms with Crippen LogP contribution in [-0.2, 0) is 16.1 Å². The van der Waals surface area contributed by atoms with Crippen LogP contribution in [0.2, 0.25) is 0 Å². The molecule has 3 fully saturated rings. The highest BCUT2D eigenvalue weighted by Crippen LogP contribution is 2.41. The number of pyridine rings is 1. The lowest BCUT2D eigenvalue weighted by Gasteiger charge is -2.36. The lowest BCUT2D eigenvalue weighted by atomic mass is 9.76. The number of amides is 3. The zero-order chi connectivity index (χ0) is 29.5. The van der Waals surface area contributed by atoms with Crippen molar-refractivity contribution in [3.8, 4) is 0 Å². The van der Waals surface area contributed by atoms with Crippen molar-refractivity contribution in [2.45, 2.75) is 82.8 Å². The maximum absolute atomic E-state index is 13.9. The van der Waals surface area contributed by atoms with E-state index in [4.69, 9.17) is 5.73 Å². The molecule has 0 spiro atoms. The first-order valence-electron chi connectivity index (χ1n) is 15.7. The van der Waals surface area contributed by atoms with Gasteiger partial charge in [-0.3, -0.25) is 19.4 Å². The van der Waals surface area contributed by atoms with E-state index in [1.54, 1.807) is 30.5 Å². The fraction of sp³-hybridized carbons (Fsp3) is 0.576. The van der Waals surface area contributed by atoms with Gasteiger partial charge in [0.25, 0.3) is 5.91 Å². The quantitative estimate of drug-likeness (QED) is 0.394. The zero-order valence-electron chi connectivity index (χ0n) is 24.3. The monoisotopic (exact) mass is 577 g/mol. The minimum absolute atomic E-state index is 0.0562. The molecule has 3 atom stereocenters. The number of benzene rings is 1. The number of nitrogens with one attached hydrogen (secondary N) is 2. The molecule has 5 rings (SSSR count). The van der Waals surface area contributed by atoms with Gasteiger partial charge >= 0.3 is 0 Å². The highest BCUT2D eigenvalue weighted by Gasteiger charge is 2.47. The van der Waals surface area contributed by atoms with Crippen LogP contribution in [0.4, 0.5) is 10.1 Å². The van der Waals surface area contributed by atoms with Gasteiger partial charge in [0.1, 0.15) is 12.7 Å². The van der Waals surface area contributed by atoms with Crippen molar-refractivity contribution in [1.29, 1.82) is 0 Å². The van der Waals surface area contributed by atoms with Gasteiger partial charge in [-0.2, -0.15) is 0 Å². The number of rotatable bonds is 9. The SMILES string of the molecule is N[C@H](CF)C1CCC(C(=O)N2CC[C@@H](C3CCCCC3)[C@H]2C(=O)Nc2ccc(C(=O)NCc3ccccn3)cc2)CC1.